The van der Waals surface area contributed by atoms with Crippen molar-refractivity contribution in [3.8, 4) is 11.4 Å². The minimum atomic E-state index is -4.66. The summed E-state index contributed by atoms with van der Waals surface area (Å²) in [4.78, 5) is 36.1. The van der Waals surface area contributed by atoms with Crippen LogP contribution in [-0.4, -0.2) is 59.7 Å². The number of thiophene rings is 1. The van der Waals surface area contributed by atoms with E-state index in [9.17, 15) is 31.2 Å². The lowest BCUT2D eigenvalue weighted by Crippen LogP contribution is -2.50. The fraction of sp³-hybridized carbons (Fsp3) is 0.296. The van der Waals surface area contributed by atoms with E-state index in [-0.39, 0.29) is 37.6 Å². The van der Waals surface area contributed by atoms with Crippen molar-refractivity contribution in [2.24, 2.45) is 0 Å². The van der Waals surface area contributed by atoms with E-state index < -0.39 is 26.7 Å². The van der Waals surface area contributed by atoms with Gasteiger partial charge in [-0.15, -0.1) is 11.3 Å². The molecule has 2 aromatic heterocycles. The standard InChI is InChI=1S/C27H25F3N4O4S2/c1-3-21-16(2)39-25-22(21)24(35)31-23(32-25)17-7-9-18(10-8-17)26(36)33-11-13-34(14-12-33)40(37,38)20-6-4-5-19(15-20)27(28,29)30/h4-10,15H,3,11-14H2,1-2H3,(H,31,32,35). The summed E-state index contributed by atoms with van der Waals surface area (Å²) in [5.41, 5.74) is 0.753. The summed E-state index contributed by atoms with van der Waals surface area (Å²) < 4.78 is 66.2. The molecule has 8 nitrogen and oxygen atoms in total. The van der Waals surface area contributed by atoms with Crippen LogP contribution < -0.4 is 5.56 Å². The van der Waals surface area contributed by atoms with Crippen LogP contribution in [0.3, 0.4) is 0 Å². The van der Waals surface area contributed by atoms with Crippen molar-refractivity contribution in [2.45, 2.75) is 31.3 Å². The van der Waals surface area contributed by atoms with Gasteiger partial charge >= 0.3 is 6.18 Å². The number of fused-ring (bicyclic) bond motifs is 1. The summed E-state index contributed by atoms with van der Waals surface area (Å²) in [6, 6.07) is 10.2. The van der Waals surface area contributed by atoms with Crippen molar-refractivity contribution in [3.63, 3.8) is 0 Å². The SMILES string of the molecule is CCc1c(C)sc2nc(-c3ccc(C(=O)N4CCN(S(=O)(=O)c5cccc(C(F)(F)F)c5)CC4)cc3)[nH]c(=O)c12. The number of alkyl halides is 3. The van der Waals surface area contributed by atoms with Crippen molar-refractivity contribution >= 4 is 37.5 Å². The van der Waals surface area contributed by atoms with Gasteiger partial charge in [-0.2, -0.15) is 17.5 Å². The van der Waals surface area contributed by atoms with Gasteiger partial charge in [0.15, 0.2) is 0 Å². The van der Waals surface area contributed by atoms with Gasteiger partial charge in [-0.3, -0.25) is 9.59 Å². The molecule has 1 amide bonds. The number of amides is 1. The van der Waals surface area contributed by atoms with Gasteiger partial charge in [-0.05, 0) is 49.2 Å². The predicted octanol–water partition coefficient (Wildman–Crippen LogP) is 4.69. The highest BCUT2D eigenvalue weighted by molar-refractivity contribution is 7.89. The van der Waals surface area contributed by atoms with E-state index in [1.165, 1.54) is 16.2 Å². The molecular formula is C27H25F3N4O4S2. The Kier molecular flexibility index (Phi) is 7.31. The zero-order chi connectivity index (χ0) is 28.8. The summed E-state index contributed by atoms with van der Waals surface area (Å²) in [7, 11) is -4.16. The maximum Gasteiger partial charge on any atom is 0.416 e. The number of H-pyrrole nitrogens is 1. The van der Waals surface area contributed by atoms with Crippen LogP contribution in [0.2, 0.25) is 0 Å². The van der Waals surface area contributed by atoms with Crippen LogP contribution in [0, 0.1) is 6.92 Å². The molecule has 0 spiro atoms. The van der Waals surface area contributed by atoms with Crippen LogP contribution in [-0.2, 0) is 22.6 Å². The summed E-state index contributed by atoms with van der Waals surface area (Å²) >= 11 is 1.47. The Bertz CT molecular complexity index is 1760. The number of sulfonamides is 1. The number of carbonyl (C=O) groups is 1. The Balaban J connectivity index is 1.28. The summed E-state index contributed by atoms with van der Waals surface area (Å²) in [6.45, 7) is 4.03. The number of piperazine rings is 1. The number of nitrogens with zero attached hydrogens (tertiary/aromatic N) is 3. The van der Waals surface area contributed by atoms with E-state index in [4.69, 9.17) is 0 Å². The smallest absolute Gasteiger partial charge is 0.336 e. The molecule has 0 unspecified atom stereocenters. The maximum atomic E-state index is 13.1. The number of aromatic amines is 1. The Morgan fingerprint density at radius 2 is 1.75 bits per heavy atom. The van der Waals surface area contributed by atoms with Gasteiger partial charge in [0.2, 0.25) is 10.0 Å². The number of aryl methyl sites for hydroxylation is 2. The molecule has 5 rings (SSSR count). The summed E-state index contributed by atoms with van der Waals surface area (Å²) in [5, 5.41) is 0.606. The van der Waals surface area contributed by atoms with Gasteiger partial charge in [0, 0.05) is 42.2 Å². The molecule has 1 N–H and O–H groups in total. The normalized spacial score (nSPS) is 15.1. The van der Waals surface area contributed by atoms with Crippen molar-refractivity contribution < 1.29 is 26.4 Å². The molecule has 2 aromatic carbocycles. The molecule has 0 radical (unpaired) electrons. The largest absolute Gasteiger partial charge is 0.416 e. The van der Waals surface area contributed by atoms with Gasteiger partial charge in [-0.1, -0.05) is 25.1 Å². The molecule has 1 saturated heterocycles. The van der Waals surface area contributed by atoms with Gasteiger partial charge in [0.25, 0.3) is 11.5 Å². The lowest BCUT2D eigenvalue weighted by atomic mass is 10.1. The first-order valence-electron chi connectivity index (χ1n) is 12.5. The third-order valence-corrected chi connectivity index (χ3v) is 9.88. The predicted molar refractivity (Wildman–Crippen MR) is 146 cm³/mol. The van der Waals surface area contributed by atoms with Gasteiger partial charge in [-0.25, -0.2) is 13.4 Å². The zero-order valence-electron chi connectivity index (χ0n) is 21.6. The minimum Gasteiger partial charge on any atom is -0.336 e. The summed E-state index contributed by atoms with van der Waals surface area (Å²) in [6.07, 6.45) is -3.93. The fourth-order valence-corrected chi connectivity index (χ4v) is 7.39. The Labute approximate surface area is 232 Å². The van der Waals surface area contributed by atoms with E-state index in [0.717, 1.165) is 39.4 Å². The number of hydrogen-bond acceptors (Lipinski definition) is 6. The van der Waals surface area contributed by atoms with Crippen LogP contribution in [0.25, 0.3) is 21.6 Å². The lowest BCUT2D eigenvalue weighted by Gasteiger charge is -2.34. The minimum absolute atomic E-state index is 0.0481. The molecule has 40 heavy (non-hydrogen) atoms. The molecule has 3 heterocycles. The number of benzene rings is 2. The van der Waals surface area contributed by atoms with Crippen LogP contribution in [0.15, 0.2) is 58.2 Å². The monoisotopic (exact) mass is 590 g/mol. The van der Waals surface area contributed by atoms with E-state index in [1.54, 1.807) is 24.3 Å². The second-order valence-electron chi connectivity index (χ2n) is 9.38. The molecule has 0 aliphatic carbocycles. The molecule has 0 bridgehead atoms. The van der Waals surface area contributed by atoms with Crippen molar-refractivity contribution in [3.05, 3.63) is 80.5 Å². The molecule has 13 heteroatoms. The number of hydrogen-bond donors (Lipinski definition) is 1. The highest BCUT2D eigenvalue weighted by Gasteiger charge is 2.34. The zero-order valence-corrected chi connectivity index (χ0v) is 23.2. The molecule has 210 valence electrons. The van der Waals surface area contributed by atoms with E-state index in [2.05, 4.69) is 9.97 Å². The van der Waals surface area contributed by atoms with E-state index >= 15 is 0 Å². The molecule has 1 fully saturated rings. The van der Waals surface area contributed by atoms with Gasteiger partial charge in [0.1, 0.15) is 10.7 Å². The Morgan fingerprint density at radius 1 is 1.07 bits per heavy atom. The Morgan fingerprint density at radius 3 is 2.38 bits per heavy atom. The molecule has 1 aliphatic rings. The molecule has 1 aliphatic heterocycles. The highest BCUT2D eigenvalue weighted by atomic mass is 32.2. The molecule has 0 atom stereocenters. The van der Waals surface area contributed by atoms with Crippen LogP contribution in [0.1, 0.15) is 33.3 Å². The number of carbonyl (C=O) groups excluding carboxylic acids is 1. The number of nitrogens with one attached hydrogen (secondary N) is 1. The maximum absolute atomic E-state index is 13.1. The van der Waals surface area contributed by atoms with Crippen molar-refractivity contribution in [2.75, 3.05) is 26.2 Å². The third kappa shape index (κ3) is 5.16. The number of halogens is 3. The quantitative estimate of drug-likeness (QED) is 0.363. The molecule has 0 saturated carbocycles. The fourth-order valence-electron chi connectivity index (χ4n) is 4.80. The topological polar surface area (TPSA) is 103 Å². The molecule has 4 aromatic rings. The second-order valence-corrected chi connectivity index (χ2v) is 12.5. The van der Waals surface area contributed by atoms with Gasteiger partial charge in [0.05, 0.1) is 15.8 Å². The highest BCUT2D eigenvalue weighted by Crippen LogP contribution is 2.32. The van der Waals surface area contributed by atoms with Crippen molar-refractivity contribution in [1.82, 2.24) is 19.2 Å². The first-order valence-corrected chi connectivity index (χ1v) is 14.7. The van der Waals surface area contributed by atoms with Crippen LogP contribution >= 0.6 is 11.3 Å². The third-order valence-electron chi connectivity index (χ3n) is 6.95. The average molecular weight is 591 g/mol. The first-order chi connectivity index (χ1) is 18.9. The van der Waals surface area contributed by atoms with Gasteiger partial charge < -0.3 is 9.88 Å². The van der Waals surface area contributed by atoms with E-state index in [1.807, 2.05) is 13.8 Å². The van der Waals surface area contributed by atoms with Crippen molar-refractivity contribution in [1.29, 1.82) is 0 Å². The molecular weight excluding hydrogens is 565 g/mol. The first kappa shape index (κ1) is 28.0. The Hall–Kier alpha value is -3.55. The lowest BCUT2D eigenvalue weighted by molar-refractivity contribution is -0.137. The summed E-state index contributed by atoms with van der Waals surface area (Å²) in [5.74, 6) is 0.0925. The number of rotatable bonds is 5. The van der Waals surface area contributed by atoms with E-state index in [0.29, 0.717) is 33.2 Å². The second kappa shape index (κ2) is 10.5. The van der Waals surface area contributed by atoms with Crippen LogP contribution in [0.4, 0.5) is 13.2 Å². The van der Waals surface area contributed by atoms with Crippen LogP contribution in [0.5, 0.6) is 0 Å². The average Bonchev–Trinajstić information content (AvgIpc) is 3.27. The number of aromatic nitrogens is 2.